The summed E-state index contributed by atoms with van der Waals surface area (Å²) in [5.74, 6) is -0.126. The van der Waals surface area contributed by atoms with Crippen molar-refractivity contribution in [1.29, 1.82) is 0 Å². The third-order valence-corrected chi connectivity index (χ3v) is 5.24. The van der Waals surface area contributed by atoms with Crippen molar-refractivity contribution >= 4 is 44.2 Å². The summed E-state index contributed by atoms with van der Waals surface area (Å²) < 4.78 is 2.84. The van der Waals surface area contributed by atoms with E-state index in [9.17, 15) is 4.79 Å². The second-order valence-electron chi connectivity index (χ2n) is 5.70. The molecule has 0 bridgehead atoms. The fraction of sp³-hybridized carbons (Fsp3) is 0.105. The first-order valence-corrected chi connectivity index (χ1v) is 9.30. The first-order chi connectivity index (χ1) is 12.7. The normalized spacial score (nSPS) is 11.0. The molecule has 0 radical (unpaired) electrons. The average molecular weight is 383 g/mol. The molecule has 130 valence electrons. The third-order valence-electron chi connectivity index (χ3n) is 3.94. The molecular formula is C19H15ClN4OS. The minimum atomic E-state index is -0.126. The molecule has 0 aliphatic carbocycles. The minimum Gasteiger partial charge on any atom is -0.282 e. The highest BCUT2D eigenvalue weighted by Gasteiger charge is 2.21. The van der Waals surface area contributed by atoms with Gasteiger partial charge < -0.3 is 0 Å². The Morgan fingerprint density at radius 2 is 2.04 bits per heavy atom. The van der Waals surface area contributed by atoms with Gasteiger partial charge in [0.25, 0.3) is 5.91 Å². The van der Waals surface area contributed by atoms with E-state index in [1.165, 1.54) is 11.3 Å². The van der Waals surface area contributed by atoms with Crippen LogP contribution in [0.4, 0.5) is 5.13 Å². The van der Waals surface area contributed by atoms with Crippen LogP contribution in [-0.4, -0.2) is 27.2 Å². The summed E-state index contributed by atoms with van der Waals surface area (Å²) in [5.41, 5.74) is 1.42. The van der Waals surface area contributed by atoms with E-state index < -0.39 is 0 Å². The molecule has 1 amide bonds. The summed E-state index contributed by atoms with van der Waals surface area (Å²) in [7, 11) is 0. The van der Waals surface area contributed by atoms with E-state index in [4.69, 9.17) is 11.6 Å². The topological polar surface area (TPSA) is 51.0 Å². The van der Waals surface area contributed by atoms with Crippen molar-refractivity contribution in [3.05, 3.63) is 77.6 Å². The number of aromatic nitrogens is 3. The van der Waals surface area contributed by atoms with Gasteiger partial charge in [-0.25, -0.2) is 4.98 Å². The molecule has 0 saturated carbocycles. The number of halogens is 1. The molecule has 7 heteroatoms. The number of nitrogens with zero attached hydrogens (tertiary/aromatic N) is 4. The number of para-hydroxylation sites is 1. The number of rotatable bonds is 5. The summed E-state index contributed by atoms with van der Waals surface area (Å²) in [4.78, 5) is 19.5. The standard InChI is InChI=1S/C19H15ClN4OS/c20-15-6-3-5-14(13-15)18(25)24(12-11-23-10-4-9-21-23)19-22-16-7-1-2-8-17(16)26-19/h1-10,13H,11-12H2. The lowest BCUT2D eigenvalue weighted by Crippen LogP contribution is -2.34. The van der Waals surface area contributed by atoms with E-state index >= 15 is 0 Å². The van der Waals surface area contributed by atoms with E-state index in [1.807, 2.05) is 36.5 Å². The maximum absolute atomic E-state index is 13.1. The van der Waals surface area contributed by atoms with Crippen LogP contribution in [0.2, 0.25) is 5.02 Å². The van der Waals surface area contributed by atoms with Gasteiger partial charge in [-0.1, -0.05) is 41.1 Å². The van der Waals surface area contributed by atoms with Crippen LogP contribution in [0, 0.1) is 0 Å². The quantitative estimate of drug-likeness (QED) is 0.511. The van der Waals surface area contributed by atoms with Crippen LogP contribution in [0.3, 0.4) is 0 Å². The molecule has 26 heavy (non-hydrogen) atoms. The van der Waals surface area contributed by atoms with Gasteiger partial charge in [-0.05, 0) is 36.4 Å². The van der Waals surface area contributed by atoms with E-state index in [0.717, 1.165) is 10.2 Å². The Kier molecular flexibility index (Phi) is 4.69. The molecule has 0 fully saturated rings. The molecule has 0 unspecified atom stereocenters. The van der Waals surface area contributed by atoms with Gasteiger partial charge in [-0.3, -0.25) is 14.4 Å². The number of anilines is 1. The van der Waals surface area contributed by atoms with Crippen molar-refractivity contribution in [2.24, 2.45) is 0 Å². The van der Waals surface area contributed by atoms with Gasteiger partial charge >= 0.3 is 0 Å². The molecule has 0 atom stereocenters. The van der Waals surface area contributed by atoms with Crippen LogP contribution in [0.5, 0.6) is 0 Å². The summed E-state index contributed by atoms with van der Waals surface area (Å²) >= 11 is 7.57. The molecule has 5 nitrogen and oxygen atoms in total. The lowest BCUT2D eigenvalue weighted by Gasteiger charge is -2.20. The first-order valence-electron chi connectivity index (χ1n) is 8.11. The number of hydrogen-bond donors (Lipinski definition) is 0. The van der Waals surface area contributed by atoms with Crippen molar-refractivity contribution in [3.63, 3.8) is 0 Å². The molecule has 2 aromatic heterocycles. The number of amides is 1. The minimum absolute atomic E-state index is 0.126. The highest BCUT2D eigenvalue weighted by atomic mass is 35.5. The van der Waals surface area contributed by atoms with Gasteiger partial charge in [0.05, 0.1) is 16.8 Å². The fourth-order valence-corrected chi connectivity index (χ4v) is 3.85. The smallest absolute Gasteiger partial charge is 0.260 e. The Morgan fingerprint density at radius 3 is 2.81 bits per heavy atom. The number of hydrogen-bond acceptors (Lipinski definition) is 4. The maximum Gasteiger partial charge on any atom is 0.260 e. The summed E-state index contributed by atoms with van der Waals surface area (Å²) in [5, 5.41) is 5.42. The second kappa shape index (κ2) is 7.27. The van der Waals surface area contributed by atoms with E-state index in [2.05, 4.69) is 10.1 Å². The first kappa shape index (κ1) is 16.8. The molecule has 0 spiro atoms. The molecule has 0 saturated heterocycles. The van der Waals surface area contributed by atoms with Crippen molar-refractivity contribution in [2.45, 2.75) is 6.54 Å². The van der Waals surface area contributed by atoms with Crippen LogP contribution >= 0.6 is 22.9 Å². The van der Waals surface area contributed by atoms with Gasteiger partial charge in [0.1, 0.15) is 0 Å². The maximum atomic E-state index is 13.1. The third kappa shape index (κ3) is 3.47. The Bertz CT molecular complexity index is 1010. The second-order valence-corrected chi connectivity index (χ2v) is 7.15. The molecule has 0 aliphatic rings. The van der Waals surface area contributed by atoms with Crippen molar-refractivity contribution in [2.75, 3.05) is 11.4 Å². The number of fused-ring (bicyclic) bond motifs is 1. The van der Waals surface area contributed by atoms with E-state index in [0.29, 0.717) is 28.8 Å². The summed E-state index contributed by atoms with van der Waals surface area (Å²) in [6.45, 7) is 1.04. The highest BCUT2D eigenvalue weighted by Crippen LogP contribution is 2.29. The van der Waals surface area contributed by atoms with Crippen LogP contribution in [-0.2, 0) is 6.54 Å². The van der Waals surface area contributed by atoms with Crippen LogP contribution in [0.1, 0.15) is 10.4 Å². The number of thiazole rings is 1. The Labute approximate surface area is 159 Å². The lowest BCUT2D eigenvalue weighted by atomic mass is 10.2. The average Bonchev–Trinajstić information content (AvgIpc) is 3.31. The lowest BCUT2D eigenvalue weighted by molar-refractivity contribution is 0.0986. The molecule has 0 N–H and O–H groups in total. The molecule has 2 heterocycles. The van der Waals surface area contributed by atoms with Gasteiger partial charge in [0, 0.05) is 29.5 Å². The predicted octanol–water partition coefficient (Wildman–Crippen LogP) is 4.49. The van der Waals surface area contributed by atoms with Crippen molar-refractivity contribution < 1.29 is 4.79 Å². The van der Waals surface area contributed by atoms with E-state index in [1.54, 1.807) is 40.0 Å². The fourth-order valence-electron chi connectivity index (χ4n) is 2.67. The monoisotopic (exact) mass is 382 g/mol. The zero-order chi connectivity index (χ0) is 17.9. The van der Waals surface area contributed by atoms with Gasteiger partial charge in [-0.15, -0.1) is 0 Å². The summed E-state index contributed by atoms with van der Waals surface area (Å²) in [6, 6.07) is 16.7. The number of carbonyl (C=O) groups is 1. The molecule has 2 aromatic carbocycles. The predicted molar refractivity (Wildman–Crippen MR) is 105 cm³/mol. The molecule has 4 rings (SSSR count). The van der Waals surface area contributed by atoms with E-state index in [-0.39, 0.29) is 5.91 Å². The van der Waals surface area contributed by atoms with Crippen LogP contribution < -0.4 is 4.90 Å². The van der Waals surface area contributed by atoms with Crippen LogP contribution in [0.25, 0.3) is 10.2 Å². The number of carbonyl (C=O) groups excluding carboxylic acids is 1. The Morgan fingerprint density at radius 1 is 1.15 bits per heavy atom. The van der Waals surface area contributed by atoms with Crippen molar-refractivity contribution in [3.8, 4) is 0 Å². The highest BCUT2D eigenvalue weighted by molar-refractivity contribution is 7.22. The molecular weight excluding hydrogens is 368 g/mol. The Hall–Kier alpha value is -2.70. The zero-order valence-corrected chi connectivity index (χ0v) is 15.3. The largest absolute Gasteiger partial charge is 0.282 e. The van der Waals surface area contributed by atoms with Gasteiger partial charge in [-0.2, -0.15) is 5.10 Å². The number of benzene rings is 2. The Balaban J connectivity index is 1.69. The molecule has 4 aromatic rings. The van der Waals surface area contributed by atoms with Gasteiger partial charge in [0.15, 0.2) is 5.13 Å². The van der Waals surface area contributed by atoms with Crippen LogP contribution in [0.15, 0.2) is 67.0 Å². The molecule has 0 aliphatic heterocycles. The summed E-state index contributed by atoms with van der Waals surface area (Å²) in [6.07, 6.45) is 3.60. The van der Waals surface area contributed by atoms with Gasteiger partial charge in [0.2, 0.25) is 0 Å². The SMILES string of the molecule is O=C(c1cccc(Cl)c1)N(CCn1cccn1)c1nc2ccccc2s1. The zero-order valence-electron chi connectivity index (χ0n) is 13.7. The van der Waals surface area contributed by atoms with Crippen molar-refractivity contribution in [1.82, 2.24) is 14.8 Å².